The van der Waals surface area contributed by atoms with Gasteiger partial charge in [-0.15, -0.1) is 30.0 Å². The predicted octanol–water partition coefficient (Wildman–Crippen LogP) is 3.87. The molecular weight excluding hydrogens is 588 g/mol. The average molecular weight is 629 g/mol. The summed E-state index contributed by atoms with van der Waals surface area (Å²) in [5.41, 5.74) is 2.24. The largest absolute Gasteiger partial charge is 0.394 e. The number of anilines is 1. The highest BCUT2D eigenvalue weighted by molar-refractivity contribution is 8.02. The fourth-order valence-corrected chi connectivity index (χ4v) is 10.1. The fourth-order valence-electron chi connectivity index (χ4n) is 7.78. The number of benzene rings is 2. The Bertz CT molecular complexity index is 1620. The zero-order chi connectivity index (χ0) is 31.9. The van der Waals surface area contributed by atoms with Crippen molar-refractivity contribution < 1.29 is 19.5 Å². The van der Waals surface area contributed by atoms with E-state index in [0.717, 1.165) is 11.2 Å². The van der Waals surface area contributed by atoms with E-state index in [-0.39, 0.29) is 37.5 Å². The molecule has 6 rings (SSSR count). The van der Waals surface area contributed by atoms with E-state index in [1.165, 1.54) is 0 Å². The molecule has 6 atom stereocenters. The summed E-state index contributed by atoms with van der Waals surface area (Å²) in [7, 11) is 0. The van der Waals surface area contributed by atoms with Gasteiger partial charge in [-0.25, -0.2) is 4.68 Å². The minimum Gasteiger partial charge on any atom is -0.394 e. The second-order valence-electron chi connectivity index (χ2n) is 12.4. The van der Waals surface area contributed by atoms with E-state index >= 15 is 0 Å². The van der Waals surface area contributed by atoms with E-state index in [1.807, 2.05) is 61.5 Å². The number of carbonyl (C=O) groups excluding carboxylic acids is 3. The molecule has 3 aromatic rings. The lowest BCUT2D eigenvalue weighted by molar-refractivity contribution is -0.146. The van der Waals surface area contributed by atoms with E-state index in [2.05, 4.69) is 30.4 Å². The van der Waals surface area contributed by atoms with Crippen LogP contribution in [0.5, 0.6) is 0 Å². The Morgan fingerprint density at radius 1 is 1.09 bits per heavy atom. The van der Waals surface area contributed by atoms with Crippen LogP contribution in [0, 0.1) is 11.8 Å². The topological polar surface area (TPSA) is 112 Å². The summed E-state index contributed by atoms with van der Waals surface area (Å²) in [6, 6.07) is 15.5. The molecule has 45 heavy (non-hydrogen) atoms. The number of nitrogens with zero attached hydrogens (tertiary/aromatic N) is 6. The maximum atomic E-state index is 14.9. The van der Waals surface area contributed by atoms with Gasteiger partial charge in [0.1, 0.15) is 18.2 Å². The summed E-state index contributed by atoms with van der Waals surface area (Å²) in [5, 5.41) is 19.0. The molecule has 3 saturated heterocycles. The molecule has 2 aromatic carbocycles. The third-order valence-electron chi connectivity index (χ3n) is 9.82. The Balaban J connectivity index is 1.42. The smallest absolute Gasteiger partial charge is 0.248 e. The Hall–Kier alpha value is -3.96. The average Bonchev–Trinajstić information content (AvgIpc) is 3.76. The van der Waals surface area contributed by atoms with Crippen LogP contribution in [0.25, 0.3) is 11.0 Å². The number of thioether (sulfide) groups is 1. The summed E-state index contributed by atoms with van der Waals surface area (Å²) in [6.45, 7) is 12.1. The third-order valence-corrected chi connectivity index (χ3v) is 11.8. The van der Waals surface area contributed by atoms with Gasteiger partial charge in [0.25, 0.3) is 0 Å². The molecule has 3 aliphatic rings. The van der Waals surface area contributed by atoms with Gasteiger partial charge in [-0.05, 0) is 50.5 Å². The quantitative estimate of drug-likeness (QED) is 0.303. The normalized spacial score (nSPS) is 27.4. The zero-order valence-electron chi connectivity index (χ0n) is 25.8. The first kappa shape index (κ1) is 31.0. The number of para-hydroxylation sites is 2. The van der Waals surface area contributed by atoms with E-state index in [0.29, 0.717) is 31.3 Å². The molecule has 2 unspecified atom stereocenters. The van der Waals surface area contributed by atoms with Crippen LogP contribution in [0.15, 0.2) is 79.9 Å². The molecule has 2 bridgehead atoms. The van der Waals surface area contributed by atoms with Gasteiger partial charge < -0.3 is 19.8 Å². The summed E-state index contributed by atoms with van der Waals surface area (Å²) >= 11 is 1.62. The van der Waals surface area contributed by atoms with Gasteiger partial charge in [0.2, 0.25) is 17.7 Å². The molecule has 1 aromatic heterocycles. The van der Waals surface area contributed by atoms with Gasteiger partial charge in [0.15, 0.2) is 0 Å². The van der Waals surface area contributed by atoms with Gasteiger partial charge in [-0.2, -0.15) is 0 Å². The first-order chi connectivity index (χ1) is 21.7. The molecule has 3 aliphatic heterocycles. The van der Waals surface area contributed by atoms with Gasteiger partial charge in [0, 0.05) is 23.5 Å². The zero-order valence-corrected chi connectivity index (χ0v) is 26.6. The number of hydrogen-bond donors (Lipinski definition) is 1. The van der Waals surface area contributed by atoms with Crippen molar-refractivity contribution in [3.8, 4) is 0 Å². The van der Waals surface area contributed by atoms with Crippen LogP contribution in [0.4, 0.5) is 5.69 Å². The highest BCUT2D eigenvalue weighted by Crippen LogP contribution is 2.72. The number of likely N-dealkylation sites (tertiary alicyclic amines) is 1. The molecule has 0 radical (unpaired) electrons. The van der Waals surface area contributed by atoms with E-state index in [4.69, 9.17) is 0 Å². The summed E-state index contributed by atoms with van der Waals surface area (Å²) in [4.78, 5) is 49.1. The van der Waals surface area contributed by atoms with Crippen molar-refractivity contribution in [2.24, 2.45) is 11.8 Å². The Morgan fingerprint density at radius 3 is 2.49 bits per heavy atom. The Morgan fingerprint density at radius 2 is 1.80 bits per heavy atom. The molecular formula is C34H40N6O4S. The van der Waals surface area contributed by atoms with Crippen LogP contribution in [0.1, 0.15) is 33.1 Å². The molecule has 10 nitrogen and oxygen atoms in total. The molecule has 236 valence electrons. The van der Waals surface area contributed by atoms with Gasteiger partial charge in [-0.3, -0.25) is 14.4 Å². The number of aliphatic hydroxyl groups is 1. The van der Waals surface area contributed by atoms with Crippen molar-refractivity contribution in [3.63, 3.8) is 0 Å². The minimum atomic E-state index is -0.865. The number of amides is 3. The van der Waals surface area contributed by atoms with Crippen molar-refractivity contribution in [2.45, 2.75) is 61.4 Å². The van der Waals surface area contributed by atoms with Crippen molar-refractivity contribution in [1.29, 1.82) is 0 Å². The minimum absolute atomic E-state index is 0.117. The molecule has 1 N–H and O–H groups in total. The molecule has 11 heteroatoms. The SMILES string of the molecule is C=CCN(Cn1nnc2ccccc21)C(=O)C1N([C@@H](CC)CO)C(=O)[C@@H]2[C@H](C(=O)N(CC=C)c3ccccc3)[C@]3(C)CCC12S3. The van der Waals surface area contributed by atoms with Gasteiger partial charge in [0.05, 0.1) is 34.7 Å². The summed E-state index contributed by atoms with van der Waals surface area (Å²) in [5.74, 6) is -1.98. The number of aromatic nitrogens is 3. The van der Waals surface area contributed by atoms with E-state index in [1.54, 1.807) is 43.3 Å². The lowest BCUT2D eigenvalue weighted by Gasteiger charge is -2.39. The summed E-state index contributed by atoms with van der Waals surface area (Å²) in [6.07, 6.45) is 5.13. The number of carbonyl (C=O) groups is 3. The van der Waals surface area contributed by atoms with Gasteiger partial charge in [-0.1, -0.05) is 54.6 Å². The fraction of sp³-hybridized carbons (Fsp3) is 0.441. The van der Waals surface area contributed by atoms with Crippen LogP contribution in [-0.2, 0) is 21.1 Å². The number of fused-ring (bicyclic) bond motifs is 2. The lowest BCUT2D eigenvalue weighted by atomic mass is 9.66. The number of hydrogen-bond acceptors (Lipinski definition) is 7. The first-order valence-corrected chi connectivity index (χ1v) is 16.3. The third kappa shape index (κ3) is 4.87. The van der Waals surface area contributed by atoms with Crippen molar-refractivity contribution >= 4 is 46.2 Å². The predicted molar refractivity (Wildman–Crippen MR) is 175 cm³/mol. The first-order valence-electron chi connectivity index (χ1n) is 15.5. The molecule has 3 amide bonds. The molecule has 4 heterocycles. The van der Waals surface area contributed by atoms with Crippen LogP contribution in [-0.4, -0.2) is 88.9 Å². The molecule has 0 aliphatic carbocycles. The van der Waals surface area contributed by atoms with Crippen LogP contribution < -0.4 is 4.90 Å². The second kappa shape index (κ2) is 12.1. The summed E-state index contributed by atoms with van der Waals surface area (Å²) < 4.78 is 0.311. The standard InChI is InChI=1S/C34H40N6O4S/c1-5-19-37(22-39-26-16-12-11-15-25(26)35-36-39)32(44)29-34-18-17-33(4,45-34)27(28(34)31(43)40(29)23(7-3)21-41)30(42)38(20-6-2)24-13-9-8-10-14-24/h5-6,8-16,23,27-29,41H,1-2,7,17-22H2,3-4H3/t23-,27+,28-,29?,33-,34?/m0/s1. The van der Waals surface area contributed by atoms with Crippen molar-refractivity contribution in [1.82, 2.24) is 24.8 Å². The van der Waals surface area contributed by atoms with Crippen LogP contribution in [0.2, 0.25) is 0 Å². The number of aliphatic hydroxyl groups excluding tert-OH is 1. The van der Waals surface area contributed by atoms with Crippen LogP contribution in [0.3, 0.4) is 0 Å². The Kier molecular flexibility index (Phi) is 8.34. The highest BCUT2D eigenvalue weighted by atomic mass is 32.2. The molecule has 0 saturated carbocycles. The van der Waals surface area contributed by atoms with Crippen molar-refractivity contribution in [2.75, 3.05) is 24.6 Å². The van der Waals surface area contributed by atoms with E-state index < -0.39 is 33.4 Å². The molecule has 1 spiro atoms. The van der Waals surface area contributed by atoms with E-state index in [9.17, 15) is 19.5 Å². The maximum Gasteiger partial charge on any atom is 0.248 e. The second-order valence-corrected chi connectivity index (χ2v) is 14.3. The maximum absolute atomic E-state index is 14.9. The molecule has 3 fully saturated rings. The number of rotatable bonds is 12. The monoisotopic (exact) mass is 628 g/mol. The van der Waals surface area contributed by atoms with Crippen molar-refractivity contribution in [3.05, 3.63) is 79.9 Å². The lowest BCUT2D eigenvalue weighted by Crippen LogP contribution is -2.57. The Labute approximate surface area is 267 Å². The van der Waals surface area contributed by atoms with Crippen LogP contribution >= 0.6 is 11.8 Å². The highest BCUT2D eigenvalue weighted by Gasteiger charge is 2.78. The van der Waals surface area contributed by atoms with Gasteiger partial charge >= 0.3 is 0 Å².